The number of benzene rings is 3. The number of aliphatic hydroxyl groups excluding tert-OH is 1. The first-order valence-corrected chi connectivity index (χ1v) is 13.0. The quantitative estimate of drug-likeness (QED) is 0.341. The number of hydrogen-bond donors (Lipinski definition) is 2. The summed E-state index contributed by atoms with van der Waals surface area (Å²) in [5.41, 5.74) is 10.9. The van der Waals surface area contributed by atoms with Crippen molar-refractivity contribution in [2.24, 2.45) is 5.73 Å². The molecule has 200 valence electrons. The van der Waals surface area contributed by atoms with E-state index in [2.05, 4.69) is 9.80 Å². The second kappa shape index (κ2) is 12.0. The van der Waals surface area contributed by atoms with Crippen LogP contribution in [0.2, 0.25) is 0 Å². The third-order valence-corrected chi connectivity index (χ3v) is 7.36. The molecule has 2 aliphatic heterocycles. The van der Waals surface area contributed by atoms with Crippen LogP contribution >= 0.6 is 0 Å². The fraction of sp³-hybridized carbons (Fsp3) is 0.379. The van der Waals surface area contributed by atoms with E-state index >= 15 is 0 Å². The van der Waals surface area contributed by atoms with E-state index in [0.717, 1.165) is 67.1 Å². The molecule has 3 aromatic carbocycles. The lowest BCUT2D eigenvalue weighted by Gasteiger charge is -2.41. The number of ether oxygens (including phenoxy) is 2. The summed E-state index contributed by atoms with van der Waals surface area (Å²) in [5.74, 6) is 0. The van der Waals surface area contributed by atoms with Crippen molar-refractivity contribution in [3.05, 3.63) is 105 Å². The summed E-state index contributed by atoms with van der Waals surface area (Å²) in [6.45, 7) is 4.74. The molecule has 3 N–H and O–H groups in total. The van der Waals surface area contributed by atoms with Gasteiger partial charge in [-0.05, 0) is 28.8 Å². The van der Waals surface area contributed by atoms with Crippen LogP contribution in [0.4, 0.5) is 11.4 Å². The number of hydrogen-bond acceptors (Lipinski definition) is 8. The third-order valence-electron chi connectivity index (χ3n) is 7.36. The minimum absolute atomic E-state index is 0.0134. The lowest BCUT2D eigenvalue weighted by molar-refractivity contribution is -0.384. The number of piperazine rings is 1. The van der Waals surface area contributed by atoms with Crippen LogP contribution in [-0.2, 0) is 22.6 Å². The Morgan fingerprint density at radius 2 is 1.50 bits per heavy atom. The molecule has 0 aliphatic carbocycles. The van der Waals surface area contributed by atoms with Gasteiger partial charge in [-0.3, -0.25) is 15.0 Å². The number of nitrogens with zero attached hydrogens (tertiary/aromatic N) is 3. The minimum Gasteiger partial charge on any atom is -0.392 e. The average molecular weight is 519 g/mol. The highest BCUT2D eigenvalue weighted by Crippen LogP contribution is 2.38. The first-order valence-electron chi connectivity index (χ1n) is 13.0. The fourth-order valence-electron chi connectivity index (χ4n) is 5.11. The van der Waals surface area contributed by atoms with Crippen molar-refractivity contribution < 1.29 is 19.5 Å². The molecule has 9 nitrogen and oxygen atoms in total. The smallest absolute Gasteiger partial charge is 0.269 e. The van der Waals surface area contributed by atoms with Gasteiger partial charge in [0, 0.05) is 69.1 Å². The predicted molar refractivity (Wildman–Crippen MR) is 145 cm³/mol. The molecule has 0 saturated carbocycles. The molecule has 2 saturated heterocycles. The number of nitro groups is 1. The van der Waals surface area contributed by atoms with Crippen molar-refractivity contribution in [1.82, 2.24) is 4.90 Å². The maximum atomic E-state index is 11.0. The summed E-state index contributed by atoms with van der Waals surface area (Å²) < 4.78 is 12.9. The molecule has 2 fully saturated rings. The van der Waals surface area contributed by atoms with Crippen LogP contribution in [0, 0.1) is 10.1 Å². The number of nitrogens with two attached hydrogens (primary N) is 1. The summed E-state index contributed by atoms with van der Waals surface area (Å²) >= 11 is 0. The van der Waals surface area contributed by atoms with Gasteiger partial charge in [0.2, 0.25) is 0 Å². The van der Waals surface area contributed by atoms with Gasteiger partial charge in [-0.1, -0.05) is 48.5 Å². The van der Waals surface area contributed by atoms with E-state index in [1.807, 2.05) is 60.7 Å². The zero-order chi connectivity index (χ0) is 26.5. The Labute approximate surface area is 222 Å². The van der Waals surface area contributed by atoms with Crippen molar-refractivity contribution in [3.63, 3.8) is 0 Å². The largest absolute Gasteiger partial charge is 0.392 e. The van der Waals surface area contributed by atoms with Crippen molar-refractivity contribution in [2.75, 3.05) is 37.6 Å². The van der Waals surface area contributed by atoms with Crippen molar-refractivity contribution in [3.8, 4) is 0 Å². The molecule has 0 amide bonds. The first-order chi connectivity index (χ1) is 18.5. The second-order valence-electron chi connectivity index (χ2n) is 9.86. The van der Waals surface area contributed by atoms with Gasteiger partial charge in [0.05, 0.1) is 23.7 Å². The Morgan fingerprint density at radius 1 is 0.868 bits per heavy atom. The molecule has 5 rings (SSSR count). The van der Waals surface area contributed by atoms with Crippen LogP contribution in [0.5, 0.6) is 0 Å². The van der Waals surface area contributed by atoms with E-state index in [1.54, 1.807) is 12.1 Å². The number of aliphatic hydroxyl groups is 1. The zero-order valence-electron chi connectivity index (χ0n) is 21.3. The van der Waals surface area contributed by atoms with Crippen molar-refractivity contribution in [2.45, 2.75) is 38.1 Å². The van der Waals surface area contributed by atoms with Gasteiger partial charge < -0.3 is 25.2 Å². The maximum Gasteiger partial charge on any atom is 0.269 e. The summed E-state index contributed by atoms with van der Waals surface area (Å²) in [6, 6.07) is 22.7. The van der Waals surface area contributed by atoms with Gasteiger partial charge in [-0.2, -0.15) is 0 Å². The molecule has 2 aliphatic rings. The normalized spacial score (nSPS) is 22.4. The van der Waals surface area contributed by atoms with Gasteiger partial charge in [0.15, 0.2) is 6.29 Å². The van der Waals surface area contributed by atoms with E-state index in [9.17, 15) is 15.2 Å². The monoisotopic (exact) mass is 518 g/mol. The molecular weight excluding hydrogens is 484 g/mol. The number of non-ortho nitro benzene ring substituents is 1. The Hall–Kier alpha value is -3.34. The minimum atomic E-state index is -0.482. The van der Waals surface area contributed by atoms with Crippen molar-refractivity contribution >= 4 is 11.4 Å². The van der Waals surface area contributed by atoms with Gasteiger partial charge in [-0.25, -0.2) is 0 Å². The number of rotatable bonds is 8. The number of anilines is 1. The molecule has 3 atom stereocenters. The van der Waals surface area contributed by atoms with Crippen LogP contribution < -0.4 is 10.6 Å². The van der Waals surface area contributed by atoms with Gasteiger partial charge >= 0.3 is 0 Å². The van der Waals surface area contributed by atoms with Crippen LogP contribution in [-0.4, -0.2) is 53.8 Å². The molecule has 0 radical (unpaired) electrons. The summed E-state index contributed by atoms with van der Waals surface area (Å²) in [4.78, 5) is 15.3. The highest BCUT2D eigenvalue weighted by atomic mass is 16.7. The van der Waals surface area contributed by atoms with Crippen LogP contribution in [0.1, 0.15) is 41.1 Å². The molecule has 0 spiro atoms. The molecule has 0 aromatic heterocycles. The van der Waals surface area contributed by atoms with Crippen LogP contribution in [0.25, 0.3) is 0 Å². The van der Waals surface area contributed by atoms with E-state index in [-0.39, 0.29) is 29.4 Å². The Bertz CT molecular complexity index is 1140. The standard InChI is InChI=1S/C29H34N4O5/c30-18-21-1-7-24(8-2-21)29-37-27(17-28(38-29)23-5-3-22(20-34)4-6-23)19-31-13-15-32(16-14-31)25-9-11-26(12-10-25)33(35)36/h1-12,27-29,34H,13-20,30H2/t27-,28+,29+/m1/s1. The summed E-state index contributed by atoms with van der Waals surface area (Å²) in [5, 5.41) is 20.4. The molecule has 3 aromatic rings. The first kappa shape index (κ1) is 26.3. The number of nitro benzene ring substituents is 1. The molecule has 2 heterocycles. The zero-order valence-corrected chi connectivity index (χ0v) is 21.3. The Morgan fingerprint density at radius 3 is 2.11 bits per heavy atom. The van der Waals surface area contributed by atoms with Crippen LogP contribution in [0.3, 0.4) is 0 Å². The van der Waals surface area contributed by atoms with E-state index in [4.69, 9.17) is 15.2 Å². The molecule has 0 bridgehead atoms. The van der Waals surface area contributed by atoms with Gasteiger partial charge in [0.25, 0.3) is 5.69 Å². The van der Waals surface area contributed by atoms with E-state index < -0.39 is 6.29 Å². The summed E-state index contributed by atoms with van der Waals surface area (Å²) in [6.07, 6.45) is 0.112. The highest BCUT2D eigenvalue weighted by Gasteiger charge is 2.33. The molecular formula is C29H34N4O5. The lowest BCUT2D eigenvalue weighted by Crippen LogP contribution is -2.49. The summed E-state index contributed by atoms with van der Waals surface area (Å²) in [7, 11) is 0. The third kappa shape index (κ3) is 6.20. The van der Waals surface area contributed by atoms with Crippen molar-refractivity contribution in [1.29, 1.82) is 0 Å². The molecule has 38 heavy (non-hydrogen) atoms. The second-order valence-corrected chi connectivity index (χ2v) is 9.86. The topological polar surface area (TPSA) is 114 Å². The average Bonchev–Trinajstić information content (AvgIpc) is 2.97. The lowest BCUT2D eigenvalue weighted by atomic mass is 9.99. The van der Waals surface area contributed by atoms with Crippen LogP contribution in [0.15, 0.2) is 72.8 Å². The van der Waals surface area contributed by atoms with E-state index in [1.165, 1.54) is 0 Å². The molecule has 9 heteroatoms. The Balaban J connectivity index is 1.25. The Kier molecular flexibility index (Phi) is 8.31. The molecule has 0 unspecified atom stereocenters. The van der Waals surface area contributed by atoms with Gasteiger partial charge in [0.1, 0.15) is 0 Å². The maximum absolute atomic E-state index is 11.0. The fourth-order valence-corrected chi connectivity index (χ4v) is 5.11. The van der Waals surface area contributed by atoms with Gasteiger partial charge in [-0.15, -0.1) is 0 Å². The predicted octanol–water partition coefficient (Wildman–Crippen LogP) is 3.91. The van der Waals surface area contributed by atoms with E-state index in [0.29, 0.717) is 6.54 Å². The highest BCUT2D eigenvalue weighted by molar-refractivity contribution is 5.51. The SMILES string of the molecule is NCc1ccc([C@H]2O[C@@H](CN3CCN(c4ccc([N+](=O)[O-])cc4)CC3)C[C@@H](c3ccc(CO)cc3)O2)cc1.